The average Bonchev–Trinajstić information content (AvgIpc) is 3.34. The third-order valence-electron chi connectivity index (χ3n) is 5.72. The average molecular weight is 437 g/mol. The van der Waals surface area contributed by atoms with Crippen LogP contribution in [0.1, 0.15) is 30.1 Å². The molecule has 2 heterocycles. The molecule has 1 aromatic heterocycles. The van der Waals surface area contributed by atoms with E-state index in [-0.39, 0.29) is 11.8 Å². The Kier molecular flexibility index (Phi) is 6.58. The monoisotopic (exact) mass is 437 g/mol. The van der Waals surface area contributed by atoms with E-state index in [9.17, 15) is 4.79 Å². The molecule has 0 saturated carbocycles. The van der Waals surface area contributed by atoms with Crippen LogP contribution in [0.15, 0.2) is 47.0 Å². The van der Waals surface area contributed by atoms with Gasteiger partial charge in [0.15, 0.2) is 17.3 Å². The highest BCUT2D eigenvalue weighted by atomic mass is 16.5. The number of hydrogen-bond donors (Lipinski definition) is 0. The normalized spacial score (nSPS) is 16.0. The number of hydrogen-bond acceptors (Lipinski definition) is 7. The molecule has 1 atom stereocenters. The summed E-state index contributed by atoms with van der Waals surface area (Å²) in [5, 5.41) is 4.20. The van der Waals surface area contributed by atoms with Gasteiger partial charge in [-0.15, -0.1) is 0 Å². The van der Waals surface area contributed by atoms with Gasteiger partial charge in [-0.1, -0.05) is 23.4 Å². The van der Waals surface area contributed by atoms with Gasteiger partial charge in [-0.2, -0.15) is 4.98 Å². The van der Waals surface area contributed by atoms with Gasteiger partial charge in [0.05, 0.1) is 33.3 Å². The maximum atomic E-state index is 13.0. The molecule has 1 amide bonds. The molecule has 3 aromatic rings. The molecule has 2 aromatic carbocycles. The number of methoxy groups -OCH3 is 3. The van der Waals surface area contributed by atoms with E-state index in [4.69, 9.17) is 18.7 Å². The largest absolute Gasteiger partial charge is 0.496 e. The Morgan fingerprint density at radius 1 is 1.06 bits per heavy atom. The SMILES string of the molecule is COc1ccc(CC(=O)N2CCC[C@@H](c3noc(-c4ccccc4OC)n3)C2)cc1OC. The zero-order valence-corrected chi connectivity index (χ0v) is 18.5. The fourth-order valence-corrected chi connectivity index (χ4v) is 4.02. The molecule has 0 N–H and O–H groups in total. The maximum Gasteiger partial charge on any atom is 0.261 e. The number of nitrogens with zero attached hydrogens (tertiary/aromatic N) is 3. The molecule has 0 spiro atoms. The number of benzene rings is 2. The van der Waals surface area contributed by atoms with Crippen molar-refractivity contribution in [2.24, 2.45) is 0 Å². The van der Waals surface area contributed by atoms with Crippen LogP contribution in [0.3, 0.4) is 0 Å². The highest BCUT2D eigenvalue weighted by Crippen LogP contribution is 2.32. The van der Waals surface area contributed by atoms with Gasteiger partial charge in [0.2, 0.25) is 5.91 Å². The Hall–Kier alpha value is -3.55. The summed E-state index contributed by atoms with van der Waals surface area (Å²) in [5.41, 5.74) is 1.64. The Balaban J connectivity index is 1.45. The molecular weight excluding hydrogens is 410 g/mol. The number of amides is 1. The molecule has 1 saturated heterocycles. The molecule has 1 aliphatic heterocycles. The van der Waals surface area contributed by atoms with Crippen molar-refractivity contribution in [3.05, 3.63) is 53.9 Å². The molecule has 0 aliphatic carbocycles. The van der Waals surface area contributed by atoms with Gasteiger partial charge in [0, 0.05) is 19.0 Å². The zero-order chi connectivity index (χ0) is 22.5. The third-order valence-corrected chi connectivity index (χ3v) is 5.72. The van der Waals surface area contributed by atoms with E-state index in [0.717, 1.165) is 30.5 Å². The number of para-hydroxylation sites is 1. The summed E-state index contributed by atoms with van der Waals surface area (Å²) in [7, 11) is 4.79. The van der Waals surface area contributed by atoms with Gasteiger partial charge >= 0.3 is 0 Å². The van der Waals surface area contributed by atoms with E-state index in [0.29, 0.717) is 41.9 Å². The van der Waals surface area contributed by atoms with Crippen molar-refractivity contribution in [2.75, 3.05) is 34.4 Å². The van der Waals surface area contributed by atoms with Crippen LogP contribution in [-0.4, -0.2) is 55.4 Å². The Morgan fingerprint density at radius 3 is 2.62 bits per heavy atom. The summed E-state index contributed by atoms with van der Waals surface area (Å²) in [6.45, 7) is 1.29. The molecule has 1 aliphatic rings. The van der Waals surface area contributed by atoms with Crippen LogP contribution >= 0.6 is 0 Å². The predicted molar refractivity (Wildman–Crippen MR) is 118 cm³/mol. The third kappa shape index (κ3) is 4.54. The lowest BCUT2D eigenvalue weighted by Gasteiger charge is -2.31. The smallest absolute Gasteiger partial charge is 0.261 e. The number of carbonyl (C=O) groups is 1. The fourth-order valence-electron chi connectivity index (χ4n) is 4.02. The van der Waals surface area contributed by atoms with Crippen LogP contribution in [0.5, 0.6) is 17.2 Å². The molecule has 168 valence electrons. The lowest BCUT2D eigenvalue weighted by molar-refractivity contribution is -0.131. The van der Waals surface area contributed by atoms with Crippen molar-refractivity contribution in [1.82, 2.24) is 15.0 Å². The minimum Gasteiger partial charge on any atom is -0.496 e. The van der Waals surface area contributed by atoms with Crippen molar-refractivity contribution in [3.8, 4) is 28.7 Å². The molecule has 0 bridgehead atoms. The van der Waals surface area contributed by atoms with Gasteiger partial charge < -0.3 is 23.6 Å². The number of carbonyl (C=O) groups excluding carboxylic acids is 1. The molecule has 32 heavy (non-hydrogen) atoms. The van der Waals surface area contributed by atoms with E-state index in [1.807, 2.05) is 47.4 Å². The summed E-state index contributed by atoms with van der Waals surface area (Å²) in [6, 6.07) is 13.1. The highest BCUT2D eigenvalue weighted by molar-refractivity contribution is 5.79. The van der Waals surface area contributed by atoms with Crippen LogP contribution in [0.2, 0.25) is 0 Å². The maximum absolute atomic E-state index is 13.0. The molecule has 8 nitrogen and oxygen atoms in total. The minimum atomic E-state index is 0.0327. The van der Waals surface area contributed by atoms with Crippen LogP contribution < -0.4 is 14.2 Å². The number of aromatic nitrogens is 2. The van der Waals surface area contributed by atoms with Crippen molar-refractivity contribution < 1.29 is 23.5 Å². The van der Waals surface area contributed by atoms with Crippen LogP contribution in [0, 0.1) is 0 Å². The first-order chi connectivity index (χ1) is 15.6. The van der Waals surface area contributed by atoms with Gasteiger partial charge in [-0.05, 0) is 42.7 Å². The topological polar surface area (TPSA) is 86.9 Å². The van der Waals surface area contributed by atoms with Crippen LogP contribution in [0.25, 0.3) is 11.5 Å². The first kappa shape index (κ1) is 21.7. The molecule has 1 fully saturated rings. The van der Waals surface area contributed by atoms with Gasteiger partial charge in [-0.25, -0.2) is 0 Å². The quantitative estimate of drug-likeness (QED) is 0.557. The first-order valence-corrected chi connectivity index (χ1v) is 10.6. The van der Waals surface area contributed by atoms with Gasteiger partial charge in [-0.3, -0.25) is 4.79 Å². The number of piperidine rings is 1. The lowest BCUT2D eigenvalue weighted by Crippen LogP contribution is -2.40. The summed E-state index contributed by atoms with van der Waals surface area (Å²) in [5.74, 6) is 3.08. The van der Waals surface area contributed by atoms with Gasteiger partial charge in [0.25, 0.3) is 5.89 Å². The molecule has 0 unspecified atom stereocenters. The summed E-state index contributed by atoms with van der Waals surface area (Å²) < 4.78 is 21.5. The van der Waals surface area contributed by atoms with Crippen molar-refractivity contribution in [2.45, 2.75) is 25.2 Å². The second-order valence-electron chi connectivity index (χ2n) is 7.70. The number of ether oxygens (including phenoxy) is 3. The summed E-state index contributed by atoms with van der Waals surface area (Å²) in [6.07, 6.45) is 2.09. The zero-order valence-electron chi connectivity index (χ0n) is 18.5. The Labute approximate surface area is 187 Å². The van der Waals surface area contributed by atoms with E-state index < -0.39 is 0 Å². The van der Waals surface area contributed by atoms with E-state index in [1.165, 1.54) is 0 Å². The molecule has 0 radical (unpaired) electrons. The predicted octanol–water partition coefficient (Wildman–Crippen LogP) is 3.71. The van der Waals surface area contributed by atoms with E-state index in [2.05, 4.69) is 10.1 Å². The van der Waals surface area contributed by atoms with E-state index >= 15 is 0 Å². The van der Waals surface area contributed by atoms with Crippen molar-refractivity contribution in [1.29, 1.82) is 0 Å². The second kappa shape index (κ2) is 9.72. The standard InChI is InChI=1S/C24H27N3O5/c1-29-19-9-5-4-8-18(19)24-25-23(26-32-24)17-7-6-12-27(15-17)22(28)14-16-10-11-20(30-2)21(13-16)31-3/h4-5,8-11,13,17H,6-7,12,14-15H2,1-3H3/t17-/m1/s1. The number of rotatable bonds is 7. The molecule has 4 rings (SSSR count). The highest BCUT2D eigenvalue weighted by Gasteiger charge is 2.28. The summed E-state index contributed by atoms with van der Waals surface area (Å²) >= 11 is 0. The lowest BCUT2D eigenvalue weighted by atomic mass is 9.96. The summed E-state index contributed by atoms with van der Waals surface area (Å²) in [4.78, 5) is 19.5. The molecular formula is C24H27N3O5. The van der Waals surface area contributed by atoms with E-state index in [1.54, 1.807) is 21.3 Å². The van der Waals surface area contributed by atoms with Gasteiger partial charge in [0.1, 0.15) is 5.75 Å². The molecule has 8 heteroatoms. The van der Waals surface area contributed by atoms with Crippen molar-refractivity contribution >= 4 is 5.91 Å². The Bertz CT molecular complexity index is 1080. The minimum absolute atomic E-state index is 0.0327. The first-order valence-electron chi connectivity index (χ1n) is 10.6. The van der Waals surface area contributed by atoms with Crippen LogP contribution in [-0.2, 0) is 11.2 Å². The fraction of sp³-hybridized carbons (Fsp3) is 0.375. The van der Waals surface area contributed by atoms with Crippen molar-refractivity contribution in [3.63, 3.8) is 0 Å². The van der Waals surface area contributed by atoms with Crippen LogP contribution in [0.4, 0.5) is 0 Å². The second-order valence-corrected chi connectivity index (χ2v) is 7.70. The Morgan fingerprint density at radius 2 is 1.84 bits per heavy atom. The number of likely N-dealkylation sites (tertiary alicyclic amines) is 1.